The van der Waals surface area contributed by atoms with Gasteiger partial charge in [0, 0.05) is 26.1 Å². The number of hydrogen-bond donors (Lipinski definition) is 0. The fourth-order valence-electron chi connectivity index (χ4n) is 5.19. The highest BCUT2D eigenvalue weighted by Gasteiger charge is 2.32. The average Bonchev–Trinajstić information content (AvgIpc) is 2.90. The molecule has 0 aliphatic heterocycles. The van der Waals surface area contributed by atoms with Crippen LogP contribution >= 0.6 is 0 Å². The number of ketones is 1. The van der Waals surface area contributed by atoms with Crippen molar-refractivity contribution >= 4 is 28.2 Å². The summed E-state index contributed by atoms with van der Waals surface area (Å²) in [5, 5.41) is 14.1. The number of aromatic nitrogens is 2. The monoisotopic (exact) mass is 513 g/mol. The van der Waals surface area contributed by atoms with Crippen LogP contribution in [0.5, 0.6) is 0 Å². The van der Waals surface area contributed by atoms with Gasteiger partial charge in [0.05, 0.1) is 16.9 Å². The normalized spacial score (nSPS) is 18.2. The lowest BCUT2D eigenvalue weighted by Gasteiger charge is -2.37. The van der Waals surface area contributed by atoms with Crippen molar-refractivity contribution < 1.29 is 9.63 Å². The molecule has 2 heterocycles. The molecule has 1 aliphatic rings. The van der Waals surface area contributed by atoms with Gasteiger partial charge in [0.15, 0.2) is 5.78 Å². The quantitative estimate of drug-likeness (QED) is 0.254. The minimum absolute atomic E-state index is 0.0905. The zero-order chi connectivity index (χ0) is 27.6. The van der Waals surface area contributed by atoms with Crippen LogP contribution in [-0.2, 0) is 11.9 Å². The second-order valence-electron chi connectivity index (χ2n) is 11.0. The van der Waals surface area contributed by atoms with E-state index in [-0.39, 0.29) is 34.6 Å². The number of pyridine rings is 2. The maximum Gasteiger partial charge on any atom is 0.263 e. The second-order valence-corrected chi connectivity index (χ2v) is 11.0. The highest BCUT2D eigenvalue weighted by molar-refractivity contribution is 6.06. The third-order valence-electron chi connectivity index (χ3n) is 7.15. The largest absolute Gasteiger partial charge is 0.390 e. The number of carbonyl (C=O) groups is 1. The number of oxime groups is 1. The molecule has 0 saturated heterocycles. The summed E-state index contributed by atoms with van der Waals surface area (Å²) in [6.45, 7) is 7.36. The van der Waals surface area contributed by atoms with E-state index in [4.69, 9.17) is 4.84 Å². The molecule has 0 N–H and O–H groups in total. The Morgan fingerprint density at radius 2 is 1.79 bits per heavy atom. The van der Waals surface area contributed by atoms with E-state index in [2.05, 4.69) is 28.3 Å². The molecule has 3 aromatic rings. The zero-order valence-corrected chi connectivity index (χ0v) is 23.0. The Balaban J connectivity index is 1.68. The van der Waals surface area contributed by atoms with Crippen LogP contribution in [0.1, 0.15) is 75.0 Å². The summed E-state index contributed by atoms with van der Waals surface area (Å²) in [6.07, 6.45) is 3.44. The number of hydrogen-bond acceptors (Lipinski definition) is 7. The number of fused-ring (bicyclic) bond motifs is 1. The Morgan fingerprint density at radius 1 is 1.13 bits per heavy atom. The van der Waals surface area contributed by atoms with E-state index in [9.17, 15) is 14.9 Å². The number of nitrogens with zero attached hydrogens (tertiary/aromatic N) is 5. The lowest BCUT2D eigenvalue weighted by Crippen LogP contribution is -2.39. The van der Waals surface area contributed by atoms with Crippen molar-refractivity contribution in [3.8, 4) is 6.07 Å². The van der Waals surface area contributed by atoms with Gasteiger partial charge in [-0.3, -0.25) is 9.59 Å². The van der Waals surface area contributed by atoms with E-state index in [1.807, 2.05) is 50.9 Å². The maximum atomic E-state index is 13.2. The van der Waals surface area contributed by atoms with Gasteiger partial charge in [-0.15, -0.1) is 0 Å². The van der Waals surface area contributed by atoms with Gasteiger partial charge in [-0.2, -0.15) is 5.26 Å². The van der Waals surface area contributed by atoms with E-state index in [1.54, 1.807) is 19.2 Å². The lowest BCUT2D eigenvalue weighted by molar-refractivity contribution is -0.0000318. The van der Waals surface area contributed by atoms with E-state index < -0.39 is 5.60 Å². The fourth-order valence-corrected chi connectivity index (χ4v) is 5.19. The van der Waals surface area contributed by atoms with Crippen molar-refractivity contribution in [1.82, 2.24) is 9.55 Å². The molecule has 0 radical (unpaired) electrons. The molecule has 1 aromatic carbocycles. The van der Waals surface area contributed by atoms with E-state index in [0.29, 0.717) is 16.7 Å². The summed E-state index contributed by atoms with van der Waals surface area (Å²) >= 11 is 0. The van der Waals surface area contributed by atoms with Gasteiger partial charge in [0.2, 0.25) is 0 Å². The SMILES string of the molecule is CC(=O)c1c(N(C)[C@H]2CC[C@@H](/C(=N/OC(C)(C)C)c3ccccc3)CC2)c2nc(C#N)ccc2n(C)c1=O. The number of nitriles is 1. The molecule has 198 valence electrons. The predicted molar refractivity (Wildman–Crippen MR) is 150 cm³/mol. The summed E-state index contributed by atoms with van der Waals surface area (Å²) in [4.78, 5) is 38.3. The van der Waals surface area contributed by atoms with Crippen molar-refractivity contribution in [2.45, 2.75) is 65.0 Å². The van der Waals surface area contributed by atoms with Crippen LogP contribution in [0.3, 0.4) is 0 Å². The van der Waals surface area contributed by atoms with Crippen molar-refractivity contribution in [1.29, 1.82) is 5.26 Å². The molecular weight excluding hydrogens is 478 g/mol. The summed E-state index contributed by atoms with van der Waals surface area (Å²) in [6, 6.07) is 15.6. The minimum atomic E-state index is -0.392. The Kier molecular flexibility index (Phi) is 7.68. The highest BCUT2D eigenvalue weighted by Crippen LogP contribution is 2.35. The van der Waals surface area contributed by atoms with Crippen LogP contribution in [0.4, 0.5) is 5.69 Å². The standard InChI is InChI=1S/C30H35N5O3/c1-19(36)25-28(27-24(35(6)29(25)37)17-14-22(18-31)32-27)34(5)23-15-12-21(13-16-23)26(33-38-30(2,3)4)20-10-8-7-9-11-20/h7-11,14,17,21,23H,12-13,15-16H2,1-6H3/b33-26+/t21-,23+. The number of carbonyl (C=O) groups excluding carboxylic acids is 1. The van der Waals surface area contributed by atoms with Crippen LogP contribution < -0.4 is 10.5 Å². The predicted octanol–water partition coefficient (Wildman–Crippen LogP) is 5.22. The van der Waals surface area contributed by atoms with Gasteiger partial charge in [0.25, 0.3) is 5.56 Å². The maximum absolute atomic E-state index is 13.2. The number of benzene rings is 1. The van der Waals surface area contributed by atoms with Crippen molar-refractivity contribution in [2.75, 3.05) is 11.9 Å². The topological polar surface area (TPSA) is 101 Å². The van der Waals surface area contributed by atoms with Gasteiger partial charge in [-0.25, -0.2) is 4.98 Å². The van der Waals surface area contributed by atoms with Crippen LogP contribution in [0, 0.1) is 17.2 Å². The molecule has 2 aromatic heterocycles. The van der Waals surface area contributed by atoms with Gasteiger partial charge in [-0.1, -0.05) is 35.5 Å². The fraction of sp³-hybridized carbons (Fsp3) is 0.433. The molecule has 0 unspecified atom stereocenters. The molecule has 0 spiro atoms. The van der Waals surface area contributed by atoms with Crippen LogP contribution in [0.25, 0.3) is 11.0 Å². The van der Waals surface area contributed by atoms with Crippen LogP contribution in [0.2, 0.25) is 0 Å². The van der Waals surface area contributed by atoms with Crippen molar-refractivity contribution in [3.63, 3.8) is 0 Å². The smallest absolute Gasteiger partial charge is 0.263 e. The Labute approximate surface area is 223 Å². The van der Waals surface area contributed by atoms with Crippen LogP contribution in [-0.4, -0.2) is 39.7 Å². The Bertz CT molecular complexity index is 1470. The molecule has 0 atom stereocenters. The summed E-state index contributed by atoms with van der Waals surface area (Å²) in [5.74, 6) is -0.0922. The summed E-state index contributed by atoms with van der Waals surface area (Å²) in [7, 11) is 3.55. The van der Waals surface area contributed by atoms with Crippen molar-refractivity contribution in [2.24, 2.45) is 18.1 Å². The van der Waals surface area contributed by atoms with E-state index >= 15 is 0 Å². The first kappa shape index (κ1) is 27.1. The minimum Gasteiger partial charge on any atom is -0.390 e. The summed E-state index contributed by atoms with van der Waals surface area (Å²) < 4.78 is 1.44. The molecule has 1 fully saturated rings. The number of Topliss-reactive ketones (excluding diaryl/α,β-unsaturated/α-hetero) is 1. The van der Waals surface area contributed by atoms with Crippen molar-refractivity contribution in [3.05, 3.63) is 69.6 Å². The number of rotatable bonds is 6. The number of aryl methyl sites for hydroxylation is 1. The number of anilines is 1. The second kappa shape index (κ2) is 10.8. The molecule has 0 bridgehead atoms. The first-order chi connectivity index (χ1) is 18.0. The molecule has 8 nitrogen and oxygen atoms in total. The van der Waals surface area contributed by atoms with E-state index in [1.165, 1.54) is 11.5 Å². The van der Waals surface area contributed by atoms with Gasteiger partial charge >= 0.3 is 0 Å². The average molecular weight is 514 g/mol. The molecule has 1 saturated carbocycles. The first-order valence-corrected chi connectivity index (χ1v) is 13.0. The lowest BCUT2D eigenvalue weighted by atomic mass is 9.80. The molecule has 38 heavy (non-hydrogen) atoms. The Morgan fingerprint density at radius 3 is 2.37 bits per heavy atom. The van der Waals surface area contributed by atoms with Gasteiger partial charge < -0.3 is 14.3 Å². The zero-order valence-electron chi connectivity index (χ0n) is 23.0. The van der Waals surface area contributed by atoms with Gasteiger partial charge in [-0.05, 0) is 71.1 Å². The highest BCUT2D eigenvalue weighted by atomic mass is 16.6. The third-order valence-corrected chi connectivity index (χ3v) is 7.15. The third kappa shape index (κ3) is 5.47. The van der Waals surface area contributed by atoms with Crippen LogP contribution in [0.15, 0.2) is 52.4 Å². The molecule has 4 rings (SSSR count). The van der Waals surface area contributed by atoms with Gasteiger partial charge in [0.1, 0.15) is 28.4 Å². The van der Waals surface area contributed by atoms with E-state index in [0.717, 1.165) is 37.0 Å². The first-order valence-electron chi connectivity index (χ1n) is 13.0. The molecular formula is C30H35N5O3. The Hall–Kier alpha value is -3.99. The molecule has 1 aliphatic carbocycles. The summed E-state index contributed by atoms with van der Waals surface area (Å²) in [5.41, 5.74) is 3.19. The molecule has 8 heteroatoms. The molecule has 0 amide bonds.